The van der Waals surface area contributed by atoms with E-state index in [1.54, 1.807) is 0 Å². The van der Waals surface area contributed by atoms with E-state index in [0.717, 1.165) is 49.4 Å². The fourth-order valence-electron chi connectivity index (χ4n) is 4.08. The standard InChI is InChI=1S/C21H31N5O2/c1-15-13-16(2)23-20(27)18(15)21(28)26-10-5-7-17(14-26)19-22-8-12-25(19)11-6-9-24(3)4/h8,12-13,17H,5-7,9-11,14H2,1-4H3,(H,23,27)/t17-/m0/s1. The fraction of sp³-hybridized carbons (Fsp3) is 0.571. The maximum absolute atomic E-state index is 13.1. The Bertz CT molecular complexity index is 883. The summed E-state index contributed by atoms with van der Waals surface area (Å²) in [6.45, 7) is 6.90. The van der Waals surface area contributed by atoms with E-state index in [1.165, 1.54) is 0 Å². The Labute approximate surface area is 166 Å². The van der Waals surface area contributed by atoms with E-state index in [9.17, 15) is 9.59 Å². The second-order valence-corrected chi connectivity index (χ2v) is 8.07. The molecule has 28 heavy (non-hydrogen) atoms. The SMILES string of the molecule is Cc1cc(C)c(C(=O)N2CCC[C@H](c3nccn3CCCN(C)C)C2)c(=O)[nH]1. The number of carbonyl (C=O) groups excluding carboxylic acids is 1. The first-order chi connectivity index (χ1) is 13.4. The number of nitrogens with one attached hydrogen (secondary N) is 1. The lowest BCUT2D eigenvalue weighted by Crippen LogP contribution is -2.42. The molecule has 0 spiro atoms. The van der Waals surface area contributed by atoms with E-state index in [2.05, 4.69) is 33.5 Å². The van der Waals surface area contributed by atoms with Crippen LogP contribution in [0.15, 0.2) is 23.3 Å². The van der Waals surface area contributed by atoms with Crippen molar-refractivity contribution in [3.8, 4) is 0 Å². The predicted molar refractivity (Wildman–Crippen MR) is 110 cm³/mol. The predicted octanol–water partition coefficient (Wildman–Crippen LogP) is 2.16. The summed E-state index contributed by atoms with van der Waals surface area (Å²) in [5.74, 6) is 1.08. The molecule has 1 amide bonds. The van der Waals surface area contributed by atoms with E-state index in [-0.39, 0.29) is 22.9 Å². The Kier molecular flexibility index (Phi) is 6.34. The summed E-state index contributed by atoms with van der Waals surface area (Å²) in [6.07, 6.45) is 6.87. The summed E-state index contributed by atoms with van der Waals surface area (Å²) >= 11 is 0. The molecule has 2 aromatic heterocycles. The first kappa shape index (κ1) is 20.3. The number of H-pyrrole nitrogens is 1. The van der Waals surface area contributed by atoms with Gasteiger partial charge in [-0.25, -0.2) is 4.98 Å². The van der Waals surface area contributed by atoms with Crippen molar-refractivity contribution in [2.24, 2.45) is 0 Å². The van der Waals surface area contributed by atoms with Crippen LogP contribution >= 0.6 is 0 Å². The van der Waals surface area contributed by atoms with Gasteiger partial charge in [0.1, 0.15) is 11.4 Å². The number of aryl methyl sites for hydroxylation is 3. The molecule has 1 aliphatic heterocycles. The van der Waals surface area contributed by atoms with Crippen molar-refractivity contribution in [3.63, 3.8) is 0 Å². The van der Waals surface area contributed by atoms with Gasteiger partial charge in [-0.15, -0.1) is 0 Å². The van der Waals surface area contributed by atoms with Crippen LogP contribution in [0.1, 0.15) is 52.6 Å². The van der Waals surface area contributed by atoms with Crippen molar-refractivity contribution in [1.29, 1.82) is 0 Å². The molecule has 0 unspecified atom stereocenters. The molecule has 1 N–H and O–H groups in total. The van der Waals surface area contributed by atoms with Crippen molar-refractivity contribution in [3.05, 3.63) is 51.5 Å². The minimum atomic E-state index is -0.296. The number of hydrogen-bond donors (Lipinski definition) is 1. The van der Waals surface area contributed by atoms with Crippen LogP contribution in [0.5, 0.6) is 0 Å². The van der Waals surface area contributed by atoms with E-state index in [1.807, 2.05) is 37.2 Å². The van der Waals surface area contributed by atoms with E-state index in [4.69, 9.17) is 0 Å². The van der Waals surface area contributed by atoms with Gasteiger partial charge >= 0.3 is 0 Å². The molecule has 0 saturated carbocycles. The molecule has 1 atom stereocenters. The maximum Gasteiger partial charge on any atom is 0.261 e. The Balaban J connectivity index is 1.74. The Morgan fingerprint density at radius 3 is 2.86 bits per heavy atom. The molecule has 0 bridgehead atoms. The normalized spacial score (nSPS) is 17.3. The van der Waals surface area contributed by atoms with Crippen molar-refractivity contribution in [2.75, 3.05) is 33.7 Å². The lowest BCUT2D eigenvalue weighted by atomic mass is 9.96. The summed E-state index contributed by atoms with van der Waals surface area (Å²) in [7, 11) is 4.16. The molecule has 7 heteroatoms. The molecule has 3 rings (SSSR count). The van der Waals surface area contributed by atoms with E-state index < -0.39 is 0 Å². The average Bonchev–Trinajstić information content (AvgIpc) is 3.09. The van der Waals surface area contributed by atoms with Gasteiger partial charge in [0, 0.05) is 43.6 Å². The molecular formula is C21H31N5O2. The second kappa shape index (κ2) is 8.73. The highest BCUT2D eigenvalue weighted by atomic mass is 16.2. The summed E-state index contributed by atoms with van der Waals surface area (Å²) in [4.78, 5) is 36.8. The highest BCUT2D eigenvalue weighted by molar-refractivity contribution is 5.95. The Hall–Kier alpha value is -2.41. The number of imidazole rings is 1. The second-order valence-electron chi connectivity index (χ2n) is 8.07. The molecule has 0 radical (unpaired) electrons. The van der Waals surface area contributed by atoms with Crippen LogP contribution in [0.2, 0.25) is 0 Å². The number of rotatable bonds is 6. The highest BCUT2D eigenvalue weighted by Gasteiger charge is 2.29. The summed E-state index contributed by atoms with van der Waals surface area (Å²) < 4.78 is 2.21. The molecule has 2 aromatic rings. The summed E-state index contributed by atoms with van der Waals surface area (Å²) in [6, 6.07) is 1.85. The van der Waals surface area contributed by atoms with Crippen LogP contribution in [-0.4, -0.2) is 64.0 Å². The van der Waals surface area contributed by atoms with Crippen molar-refractivity contribution in [2.45, 2.75) is 45.6 Å². The number of piperidine rings is 1. The van der Waals surface area contributed by atoms with Crippen molar-refractivity contribution < 1.29 is 4.79 Å². The zero-order valence-corrected chi connectivity index (χ0v) is 17.4. The third kappa shape index (κ3) is 4.52. The smallest absolute Gasteiger partial charge is 0.261 e. The van der Waals surface area contributed by atoms with Crippen LogP contribution in [0, 0.1) is 13.8 Å². The molecule has 0 aromatic carbocycles. The highest BCUT2D eigenvalue weighted by Crippen LogP contribution is 2.27. The number of carbonyl (C=O) groups is 1. The number of nitrogens with zero attached hydrogens (tertiary/aromatic N) is 4. The number of aromatic nitrogens is 3. The monoisotopic (exact) mass is 385 g/mol. The maximum atomic E-state index is 13.1. The van der Waals surface area contributed by atoms with Gasteiger partial charge in [-0.2, -0.15) is 0 Å². The lowest BCUT2D eigenvalue weighted by Gasteiger charge is -2.33. The van der Waals surface area contributed by atoms with Gasteiger partial charge in [0.2, 0.25) is 0 Å². The van der Waals surface area contributed by atoms with Crippen LogP contribution in [0.3, 0.4) is 0 Å². The fourth-order valence-corrected chi connectivity index (χ4v) is 4.08. The van der Waals surface area contributed by atoms with Crippen LogP contribution < -0.4 is 5.56 Å². The minimum absolute atomic E-state index is 0.172. The molecule has 0 aliphatic carbocycles. The third-order valence-electron chi connectivity index (χ3n) is 5.40. The first-order valence-electron chi connectivity index (χ1n) is 10.0. The number of hydrogen-bond acceptors (Lipinski definition) is 4. The van der Waals surface area contributed by atoms with E-state index in [0.29, 0.717) is 13.1 Å². The topological polar surface area (TPSA) is 74.2 Å². The molecule has 1 fully saturated rings. The van der Waals surface area contributed by atoms with Crippen molar-refractivity contribution in [1.82, 2.24) is 24.3 Å². The Morgan fingerprint density at radius 1 is 1.36 bits per heavy atom. The number of pyridine rings is 1. The van der Waals surface area contributed by atoms with Gasteiger partial charge in [-0.05, 0) is 65.4 Å². The third-order valence-corrected chi connectivity index (χ3v) is 5.40. The van der Waals surface area contributed by atoms with Crippen molar-refractivity contribution >= 4 is 5.91 Å². The van der Waals surface area contributed by atoms with Gasteiger partial charge < -0.3 is 19.4 Å². The zero-order chi connectivity index (χ0) is 20.3. The molecule has 1 saturated heterocycles. The van der Waals surface area contributed by atoms with Crippen LogP contribution in [0.4, 0.5) is 0 Å². The number of aromatic amines is 1. The molecule has 7 nitrogen and oxygen atoms in total. The Morgan fingerprint density at radius 2 is 2.14 bits per heavy atom. The van der Waals surface area contributed by atoms with Gasteiger partial charge in [0.05, 0.1) is 0 Å². The van der Waals surface area contributed by atoms with Crippen LogP contribution in [0.25, 0.3) is 0 Å². The largest absolute Gasteiger partial charge is 0.338 e. The van der Waals surface area contributed by atoms with Gasteiger partial charge in [-0.1, -0.05) is 0 Å². The van der Waals surface area contributed by atoms with Crippen LogP contribution in [-0.2, 0) is 6.54 Å². The van der Waals surface area contributed by atoms with E-state index >= 15 is 0 Å². The average molecular weight is 386 g/mol. The lowest BCUT2D eigenvalue weighted by molar-refractivity contribution is 0.0700. The molecule has 3 heterocycles. The quantitative estimate of drug-likeness (QED) is 0.827. The zero-order valence-electron chi connectivity index (χ0n) is 17.4. The number of likely N-dealkylation sites (tertiary alicyclic amines) is 1. The summed E-state index contributed by atoms with van der Waals surface area (Å²) in [5.41, 5.74) is 1.48. The minimum Gasteiger partial charge on any atom is -0.338 e. The van der Waals surface area contributed by atoms with Gasteiger partial charge in [0.15, 0.2) is 0 Å². The summed E-state index contributed by atoms with van der Waals surface area (Å²) in [5, 5.41) is 0. The first-order valence-corrected chi connectivity index (χ1v) is 10.0. The number of amides is 1. The molecular weight excluding hydrogens is 354 g/mol. The molecule has 1 aliphatic rings. The van der Waals surface area contributed by atoms with Gasteiger partial charge in [0.25, 0.3) is 11.5 Å². The van der Waals surface area contributed by atoms with Gasteiger partial charge in [-0.3, -0.25) is 9.59 Å². The molecule has 152 valence electrons.